The highest BCUT2D eigenvalue weighted by Gasteiger charge is 2.03. The smallest absolute Gasteiger partial charge is 0.203 e. The van der Waals surface area contributed by atoms with Crippen molar-refractivity contribution in [2.24, 2.45) is 5.10 Å². The van der Waals surface area contributed by atoms with E-state index in [0.717, 1.165) is 22.0 Å². The van der Waals surface area contributed by atoms with Crippen LogP contribution in [0.4, 0.5) is 5.13 Å². The average molecular weight is 315 g/mol. The first-order valence-corrected chi connectivity index (χ1v) is 7.47. The number of aromatic nitrogens is 2. The topological polar surface area (TPSA) is 50.2 Å². The molecule has 0 aliphatic carbocycles. The molecule has 0 bridgehead atoms. The van der Waals surface area contributed by atoms with Crippen molar-refractivity contribution < 1.29 is 0 Å². The van der Waals surface area contributed by atoms with Gasteiger partial charge in [0.25, 0.3) is 0 Å². The number of nitrogens with one attached hydrogen (secondary N) is 1. The Morgan fingerprint density at radius 2 is 2.05 bits per heavy atom. The highest BCUT2D eigenvalue weighted by atomic mass is 35.5. The van der Waals surface area contributed by atoms with Crippen molar-refractivity contribution in [1.29, 1.82) is 0 Å². The molecule has 104 valence electrons. The lowest BCUT2D eigenvalue weighted by Gasteiger charge is -1.96. The van der Waals surface area contributed by atoms with Crippen LogP contribution in [0.5, 0.6) is 0 Å². The van der Waals surface area contributed by atoms with Gasteiger partial charge in [0.05, 0.1) is 11.9 Å². The summed E-state index contributed by atoms with van der Waals surface area (Å²) in [5.41, 5.74) is 5.77. The Balaban J connectivity index is 1.68. The van der Waals surface area contributed by atoms with Crippen molar-refractivity contribution in [2.75, 3.05) is 5.43 Å². The minimum atomic E-state index is 0.716. The first-order chi connectivity index (χ1) is 10.3. The van der Waals surface area contributed by atoms with Crippen LogP contribution >= 0.6 is 22.9 Å². The molecular weight excluding hydrogens is 304 g/mol. The Morgan fingerprint density at radius 1 is 1.19 bits per heavy atom. The van der Waals surface area contributed by atoms with Gasteiger partial charge in [0, 0.05) is 33.9 Å². The Kier molecular flexibility index (Phi) is 4.23. The summed E-state index contributed by atoms with van der Waals surface area (Å²) in [6.07, 6.45) is 5.17. The van der Waals surface area contributed by atoms with Crippen LogP contribution in [-0.4, -0.2) is 16.2 Å². The molecule has 6 heteroatoms. The highest BCUT2D eigenvalue weighted by Crippen LogP contribution is 2.25. The summed E-state index contributed by atoms with van der Waals surface area (Å²) >= 11 is 7.38. The summed E-state index contributed by atoms with van der Waals surface area (Å²) in [6, 6.07) is 11.4. The lowest BCUT2D eigenvalue weighted by atomic mass is 10.2. The van der Waals surface area contributed by atoms with Crippen molar-refractivity contribution in [3.8, 4) is 11.3 Å². The third-order valence-corrected chi connectivity index (χ3v) is 3.70. The Labute approximate surface area is 131 Å². The molecular formula is C15H11ClN4S. The first kappa shape index (κ1) is 13.7. The van der Waals surface area contributed by atoms with E-state index in [0.29, 0.717) is 5.02 Å². The number of hydrogen-bond donors (Lipinski definition) is 1. The number of halogens is 1. The summed E-state index contributed by atoms with van der Waals surface area (Å²) in [5, 5.41) is 7.57. The number of nitrogens with zero attached hydrogens (tertiary/aromatic N) is 3. The Hall–Kier alpha value is -2.24. The largest absolute Gasteiger partial charge is 0.264 e. The molecule has 0 aliphatic heterocycles. The molecule has 3 aromatic rings. The zero-order valence-electron chi connectivity index (χ0n) is 10.9. The van der Waals surface area contributed by atoms with Gasteiger partial charge in [-0.25, -0.2) is 4.98 Å². The maximum atomic E-state index is 5.88. The number of hydrogen-bond acceptors (Lipinski definition) is 5. The van der Waals surface area contributed by atoms with E-state index in [1.165, 1.54) is 11.3 Å². The summed E-state index contributed by atoms with van der Waals surface area (Å²) in [6.45, 7) is 0. The molecule has 4 nitrogen and oxygen atoms in total. The first-order valence-electron chi connectivity index (χ1n) is 6.22. The van der Waals surface area contributed by atoms with E-state index in [1.807, 2.05) is 41.8 Å². The lowest BCUT2D eigenvalue weighted by molar-refractivity contribution is 1.28. The van der Waals surface area contributed by atoms with Gasteiger partial charge in [-0.15, -0.1) is 11.3 Å². The second kappa shape index (κ2) is 6.47. The number of thiazole rings is 1. The fourth-order valence-corrected chi connectivity index (χ4v) is 2.49. The number of benzene rings is 1. The molecule has 0 atom stereocenters. The standard InChI is InChI=1S/C15H11ClN4S/c16-13-5-3-12(4-6-13)14-10-21-15(19-14)20-18-9-11-2-1-7-17-8-11/h1-10H,(H,19,20). The van der Waals surface area contributed by atoms with Crippen LogP contribution in [0.15, 0.2) is 59.3 Å². The second-order valence-corrected chi connectivity index (χ2v) is 5.50. The monoisotopic (exact) mass is 314 g/mol. The van der Waals surface area contributed by atoms with Gasteiger partial charge in [-0.2, -0.15) is 5.10 Å². The average Bonchev–Trinajstić information content (AvgIpc) is 2.98. The predicted octanol–water partition coefficient (Wildman–Crippen LogP) is 4.30. The van der Waals surface area contributed by atoms with Gasteiger partial charge in [-0.1, -0.05) is 29.8 Å². The van der Waals surface area contributed by atoms with E-state index in [9.17, 15) is 0 Å². The van der Waals surface area contributed by atoms with E-state index >= 15 is 0 Å². The van der Waals surface area contributed by atoms with Crippen LogP contribution in [0.25, 0.3) is 11.3 Å². The molecule has 0 aliphatic rings. The fourth-order valence-electron chi connectivity index (χ4n) is 1.69. The number of hydrazone groups is 1. The van der Waals surface area contributed by atoms with Crippen molar-refractivity contribution in [2.45, 2.75) is 0 Å². The molecule has 0 radical (unpaired) electrons. The van der Waals surface area contributed by atoms with Gasteiger partial charge >= 0.3 is 0 Å². The third kappa shape index (κ3) is 3.65. The predicted molar refractivity (Wildman–Crippen MR) is 88.0 cm³/mol. The molecule has 0 saturated heterocycles. The maximum Gasteiger partial charge on any atom is 0.203 e. The SMILES string of the molecule is Clc1ccc(-c2csc(NN=Cc3cccnc3)n2)cc1. The van der Waals surface area contributed by atoms with E-state index < -0.39 is 0 Å². The molecule has 3 rings (SSSR count). The third-order valence-electron chi connectivity index (χ3n) is 2.70. The molecule has 21 heavy (non-hydrogen) atoms. The molecule has 0 fully saturated rings. The van der Waals surface area contributed by atoms with Crippen molar-refractivity contribution in [1.82, 2.24) is 9.97 Å². The number of anilines is 1. The summed E-state index contributed by atoms with van der Waals surface area (Å²) < 4.78 is 0. The van der Waals surface area contributed by atoms with Gasteiger partial charge in [-0.3, -0.25) is 10.4 Å². The van der Waals surface area contributed by atoms with Gasteiger partial charge in [0.1, 0.15) is 0 Å². The van der Waals surface area contributed by atoms with Crippen LogP contribution in [0.3, 0.4) is 0 Å². The van der Waals surface area contributed by atoms with Crippen LogP contribution in [0, 0.1) is 0 Å². The Morgan fingerprint density at radius 3 is 2.81 bits per heavy atom. The van der Waals surface area contributed by atoms with Crippen LogP contribution in [0.1, 0.15) is 5.56 Å². The second-order valence-electron chi connectivity index (χ2n) is 4.20. The summed E-state index contributed by atoms with van der Waals surface area (Å²) in [4.78, 5) is 8.49. The van der Waals surface area contributed by atoms with Crippen molar-refractivity contribution in [3.63, 3.8) is 0 Å². The van der Waals surface area contributed by atoms with Crippen molar-refractivity contribution in [3.05, 3.63) is 64.8 Å². The minimum absolute atomic E-state index is 0.716. The minimum Gasteiger partial charge on any atom is -0.264 e. The number of rotatable bonds is 4. The zero-order valence-corrected chi connectivity index (χ0v) is 12.5. The maximum absolute atomic E-state index is 5.88. The quantitative estimate of drug-likeness (QED) is 0.577. The van der Waals surface area contributed by atoms with Gasteiger partial charge in [0.15, 0.2) is 0 Å². The Bertz CT molecular complexity index is 738. The fraction of sp³-hybridized carbons (Fsp3) is 0. The lowest BCUT2D eigenvalue weighted by Crippen LogP contribution is -1.90. The zero-order chi connectivity index (χ0) is 14.5. The van der Waals surface area contributed by atoms with E-state index in [2.05, 4.69) is 20.5 Å². The van der Waals surface area contributed by atoms with Crippen LogP contribution < -0.4 is 5.43 Å². The molecule has 0 spiro atoms. The van der Waals surface area contributed by atoms with Gasteiger partial charge in [0.2, 0.25) is 5.13 Å². The van der Waals surface area contributed by atoms with Crippen LogP contribution in [0.2, 0.25) is 5.02 Å². The van der Waals surface area contributed by atoms with E-state index in [1.54, 1.807) is 18.6 Å². The van der Waals surface area contributed by atoms with E-state index in [4.69, 9.17) is 11.6 Å². The number of pyridine rings is 1. The van der Waals surface area contributed by atoms with Gasteiger partial charge < -0.3 is 0 Å². The summed E-state index contributed by atoms with van der Waals surface area (Å²) in [5.74, 6) is 0. The molecule has 2 heterocycles. The van der Waals surface area contributed by atoms with Crippen molar-refractivity contribution >= 4 is 34.3 Å². The summed E-state index contributed by atoms with van der Waals surface area (Å²) in [7, 11) is 0. The molecule has 1 aromatic carbocycles. The van der Waals surface area contributed by atoms with E-state index in [-0.39, 0.29) is 0 Å². The van der Waals surface area contributed by atoms with Crippen LogP contribution in [-0.2, 0) is 0 Å². The van der Waals surface area contributed by atoms with Gasteiger partial charge in [-0.05, 0) is 18.2 Å². The molecule has 0 saturated carbocycles. The molecule has 2 aromatic heterocycles. The molecule has 1 N–H and O–H groups in total. The normalized spacial score (nSPS) is 10.9. The molecule has 0 unspecified atom stereocenters. The highest BCUT2D eigenvalue weighted by molar-refractivity contribution is 7.14. The molecule has 0 amide bonds.